The molecule has 3 heterocycles. The van der Waals surface area contributed by atoms with Crippen molar-refractivity contribution >= 4 is 23.6 Å². The maximum atomic E-state index is 13.8. The molecule has 2 aromatic rings. The number of likely N-dealkylation sites (tertiary alicyclic amines) is 2. The lowest BCUT2D eigenvalue weighted by Crippen LogP contribution is -2.44. The summed E-state index contributed by atoms with van der Waals surface area (Å²) in [5.41, 5.74) is 7.06. The minimum Gasteiger partial charge on any atom is -0.497 e. The number of carboxylic acid groups (broad SMARTS) is 1. The van der Waals surface area contributed by atoms with Gasteiger partial charge in [-0.1, -0.05) is 18.2 Å². The number of hydrogen-bond acceptors (Lipinski definition) is 5. The fourth-order valence-corrected chi connectivity index (χ4v) is 6.77. The number of nitrogens with two attached hydrogens (primary N) is 1. The zero-order valence-corrected chi connectivity index (χ0v) is 24.1. The molecule has 3 amide bonds. The van der Waals surface area contributed by atoms with Crippen molar-refractivity contribution in [3.05, 3.63) is 59.2 Å². The number of aliphatic carboxylic acids is 1. The number of nitrogens with zero attached hydrogens (tertiary/aromatic N) is 3. The third-order valence-corrected chi connectivity index (χ3v) is 9.28. The number of hydrogen-bond donors (Lipinski definition) is 2. The van der Waals surface area contributed by atoms with Crippen molar-refractivity contribution in [3.63, 3.8) is 0 Å². The van der Waals surface area contributed by atoms with E-state index in [0.29, 0.717) is 69.8 Å². The Balaban J connectivity index is 1.31. The second-order valence-corrected chi connectivity index (χ2v) is 11.7. The second kappa shape index (κ2) is 12.3. The van der Waals surface area contributed by atoms with Crippen LogP contribution in [0.1, 0.15) is 54.2 Å². The second-order valence-electron chi connectivity index (χ2n) is 11.7. The molecule has 232 valence electrons. The number of rotatable bonds is 6. The van der Waals surface area contributed by atoms with Gasteiger partial charge in [0.25, 0.3) is 0 Å². The summed E-state index contributed by atoms with van der Waals surface area (Å²) >= 11 is 0. The molecule has 3 aliphatic rings. The Bertz CT molecular complexity index is 1340. The molecule has 0 spiro atoms. The molecule has 0 saturated carbocycles. The average molecular weight is 603 g/mol. The summed E-state index contributed by atoms with van der Waals surface area (Å²) in [5, 5.41) is 9.37. The standard InChI is InChI=1S/C31H37F3N4O5/c1-43-23-5-2-19(3-6-23)25-17-38(30(35)42)18-26(25)28(39)37-14-8-20(9-15-37)24-7-4-22(31(32,33)34)16-27(24)36-12-10-21(11-13-36)29(40)41/h2-7,16,20-21,25-26H,8-15,17-18H2,1H3,(H2,35,42)(H,40,41)/t25-,26+/m0/s1. The monoisotopic (exact) mass is 602 g/mol. The van der Waals surface area contributed by atoms with Crippen LogP contribution in [-0.4, -0.2) is 79.2 Å². The molecule has 5 rings (SSSR count). The first-order chi connectivity index (χ1) is 20.5. The molecule has 0 aromatic heterocycles. The molecule has 43 heavy (non-hydrogen) atoms. The lowest BCUT2D eigenvalue weighted by molar-refractivity contribution is -0.142. The van der Waals surface area contributed by atoms with E-state index >= 15 is 0 Å². The number of carbonyl (C=O) groups excluding carboxylic acids is 2. The lowest BCUT2D eigenvalue weighted by atomic mass is 9.84. The molecule has 2 atom stereocenters. The van der Waals surface area contributed by atoms with E-state index in [1.54, 1.807) is 18.1 Å². The summed E-state index contributed by atoms with van der Waals surface area (Å²) in [6.45, 7) is 2.17. The van der Waals surface area contributed by atoms with Crippen molar-refractivity contribution in [2.75, 3.05) is 51.3 Å². The number of amides is 3. The highest BCUT2D eigenvalue weighted by Gasteiger charge is 2.42. The molecule has 12 heteroatoms. The Morgan fingerprint density at radius 2 is 1.56 bits per heavy atom. The summed E-state index contributed by atoms with van der Waals surface area (Å²) in [6.07, 6.45) is -2.60. The van der Waals surface area contributed by atoms with Crippen LogP contribution in [0.2, 0.25) is 0 Å². The summed E-state index contributed by atoms with van der Waals surface area (Å²) in [5.74, 6) is -1.49. The van der Waals surface area contributed by atoms with Gasteiger partial charge in [0.2, 0.25) is 5.91 Å². The molecule has 0 bridgehead atoms. The summed E-state index contributed by atoms with van der Waals surface area (Å²) < 4.78 is 46.2. The van der Waals surface area contributed by atoms with E-state index in [0.717, 1.165) is 17.2 Å². The molecular weight excluding hydrogens is 565 g/mol. The normalized spacial score (nSPS) is 22.1. The predicted octanol–water partition coefficient (Wildman–Crippen LogP) is 4.52. The van der Waals surface area contributed by atoms with Gasteiger partial charge in [-0.2, -0.15) is 13.2 Å². The van der Waals surface area contributed by atoms with Gasteiger partial charge in [0.1, 0.15) is 5.75 Å². The van der Waals surface area contributed by atoms with Crippen LogP contribution in [-0.2, 0) is 15.8 Å². The Labute approximate surface area is 248 Å². The molecular formula is C31H37F3N4O5. The number of halogens is 3. The number of methoxy groups -OCH3 is 1. The maximum absolute atomic E-state index is 13.8. The van der Waals surface area contributed by atoms with Gasteiger partial charge in [0.05, 0.1) is 24.5 Å². The fourth-order valence-electron chi connectivity index (χ4n) is 6.77. The van der Waals surface area contributed by atoms with E-state index in [-0.39, 0.29) is 24.3 Å². The van der Waals surface area contributed by atoms with E-state index < -0.39 is 35.6 Å². The minimum absolute atomic E-state index is 0.0541. The molecule has 9 nitrogen and oxygen atoms in total. The quantitative estimate of drug-likeness (QED) is 0.503. The van der Waals surface area contributed by atoms with Gasteiger partial charge in [-0.3, -0.25) is 9.59 Å². The average Bonchev–Trinajstić information content (AvgIpc) is 3.46. The SMILES string of the molecule is COc1ccc([C@@H]2CN(C(N)=O)C[C@H]2C(=O)N2CCC(c3ccc(C(F)(F)F)cc3N3CCC(C(=O)O)CC3)CC2)cc1. The summed E-state index contributed by atoms with van der Waals surface area (Å²) in [7, 11) is 1.57. The van der Waals surface area contributed by atoms with E-state index in [4.69, 9.17) is 10.5 Å². The van der Waals surface area contributed by atoms with Crippen molar-refractivity contribution in [1.82, 2.24) is 9.80 Å². The minimum atomic E-state index is -4.50. The van der Waals surface area contributed by atoms with Crippen LogP contribution < -0.4 is 15.4 Å². The molecule has 2 aromatic carbocycles. The highest BCUT2D eigenvalue weighted by atomic mass is 19.4. The topological polar surface area (TPSA) is 116 Å². The first-order valence-corrected chi connectivity index (χ1v) is 14.6. The van der Waals surface area contributed by atoms with Gasteiger partial charge in [0.15, 0.2) is 0 Å². The van der Waals surface area contributed by atoms with Crippen LogP contribution in [0.3, 0.4) is 0 Å². The van der Waals surface area contributed by atoms with E-state index in [1.807, 2.05) is 29.2 Å². The molecule has 3 aliphatic heterocycles. The lowest BCUT2D eigenvalue weighted by Gasteiger charge is -2.38. The number of primary amides is 1. The number of anilines is 1. The van der Waals surface area contributed by atoms with Crippen LogP contribution >= 0.6 is 0 Å². The van der Waals surface area contributed by atoms with Gasteiger partial charge in [-0.25, -0.2) is 4.79 Å². The van der Waals surface area contributed by atoms with E-state index in [9.17, 15) is 32.7 Å². The van der Waals surface area contributed by atoms with Crippen molar-refractivity contribution in [2.24, 2.45) is 17.6 Å². The van der Waals surface area contributed by atoms with Gasteiger partial charge in [-0.15, -0.1) is 0 Å². The van der Waals surface area contributed by atoms with E-state index in [2.05, 4.69) is 0 Å². The van der Waals surface area contributed by atoms with Crippen LogP contribution in [0.25, 0.3) is 0 Å². The zero-order valence-electron chi connectivity index (χ0n) is 24.1. The van der Waals surface area contributed by atoms with Crippen molar-refractivity contribution in [2.45, 2.75) is 43.7 Å². The van der Waals surface area contributed by atoms with Crippen molar-refractivity contribution < 1.29 is 37.4 Å². The largest absolute Gasteiger partial charge is 0.497 e. The third-order valence-electron chi connectivity index (χ3n) is 9.28. The third kappa shape index (κ3) is 6.52. The van der Waals surface area contributed by atoms with Crippen LogP contribution in [0.5, 0.6) is 5.75 Å². The molecule has 3 N–H and O–H groups in total. The van der Waals surface area contributed by atoms with Crippen LogP contribution in [0, 0.1) is 11.8 Å². The Kier molecular flexibility index (Phi) is 8.75. The number of carboxylic acids is 1. The first kappa shape index (κ1) is 30.5. The van der Waals surface area contributed by atoms with E-state index in [1.165, 1.54) is 11.0 Å². The highest BCUT2D eigenvalue weighted by molar-refractivity contribution is 5.83. The van der Waals surface area contributed by atoms with Crippen LogP contribution in [0.15, 0.2) is 42.5 Å². The number of carbonyl (C=O) groups is 3. The molecule has 0 unspecified atom stereocenters. The highest BCUT2D eigenvalue weighted by Crippen LogP contribution is 2.41. The Morgan fingerprint density at radius 1 is 0.907 bits per heavy atom. The van der Waals surface area contributed by atoms with Crippen molar-refractivity contribution in [3.8, 4) is 5.75 Å². The Hall–Kier alpha value is -3.96. The van der Waals surface area contributed by atoms with Gasteiger partial charge >= 0.3 is 18.2 Å². The molecule has 0 radical (unpaired) electrons. The smallest absolute Gasteiger partial charge is 0.416 e. The number of ether oxygens (including phenoxy) is 1. The molecule has 0 aliphatic carbocycles. The number of benzene rings is 2. The predicted molar refractivity (Wildman–Crippen MR) is 153 cm³/mol. The number of urea groups is 1. The van der Waals surface area contributed by atoms with Crippen LogP contribution in [0.4, 0.5) is 23.7 Å². The summed E-state index contributed by atoms with van der Waals surface area (Å²) in [4.78, 5) is 42.4. The molecule has 3 fully saturated rings. The molecule has 3 saturated heterocycles. The zero-order chi connectivity index (χ0) is 30.9. The number of piperidine rings is 2. The summed E-state index contributed by atoms with van der Waals surface area (Å²) in [6, 6.07) is 10.7. The fraction of sp³-hybridized carbons (Fsp3) is 0.516. The maximum Gasteiger partial charge on any atom is 0.416 e. The Morgan fingerprint density at radius 3 is 2.12 bits per heavy atom. The first-order valence-electron chi connectivity index (χ1n) is 14.6. The van der Waals surface area contributed by atoms with Gasteiger partial charge < -0.3 is 30.3 Å². The van der Waals surface area contributed by atoms with Gasteiger partial charge in [-0.05, 0) is 67.0 Å². The van der Waals surface area contributed by atoms with Gasteiger partial charge in [0, 0.05) is 50.9 Å². The number of alkyl halides is 3. The van der Waals surface area contributed by atoms with Crippen molar-refractivity contribution in [1.29, 1.82) is 0 Å².